The van der Waals surface area contributed by atoms with Crippen molar-refractivity contribution in [3.63, 3.8) is 0 Å². The van der Waals surface area contributed by atoms with E-state index >= 15 is 0 Å². The number of benzene rings is 1. The average molecular weight is 276 g/mol. The molecule has 0 radical (unpaired) electrons. The normalized spacial score (nSPS) is 22.9. The van der Waals surface area contributed by atoms with Gasteiger partial charge in [0.25, 0.3) is 0 Å². The van der Waals surface area contributed by atoms with Crippen LogP contribution in [0.5, 0.6) is 0 Å². The molecule has 0 spiro atoms. The molecule has 3 rings (SSSR count). The van der Waals surface area contributed by atoms with Crippen molar-refractivity contribution >= 4 is 0 Å². The minimum atomic E-state index is 0.224. The summed E-state index contributed by atoms with van der Waals surface area (Å²) in [5, 5.41) is 0. The molecule has 0 bridgehead atoms. The van der Waals surface area contributed by atoms with Crippen molar-refractivity contribution in [3.05, 3.63) is 34.9 Å². The predicted molar refractivity (Wildman–Crippen MR) is 77.8 cm³/mol. The maximum absolute atomic E-state index is 5.73. The predicted octanol–water partition coefficient (Wildman–Crippen LogP) is 2.57. The van der Waals surface area contributed by atoms with Crippen LogP contribution in [0.15, 0.2) is 18.2 Å². The molecule has 4 nitrogen and oxygen atoms in total. The van der Waals surface area contributed by atoms with Gasteiger partial charge < -0.3 is 9.47 Å². The van der Waals surface area contributed by atoms with Gasteiger partial charge in [-0.2, -0.15) is 0 Å². The zero-order valence-electron chi connectivity index (χ0n) is 11.9. The van der Waals surface area contributed by atoms with E-state index in [1.165, 1.54) is 29.5 Å². The van der Waals surface area contributed by atoms with Crippen LogP contribution < -0.4 is 11.3 Å². The van der Waals surface area contributed by atoms with Crippen LogP contribution in [-0.2, 0) is 22.7 Å². The van der Waals surface area contributed by atoms with E-state index in [-0.39, 0.29) is 6.04 Å². The monoisotopic (exact) mass is 276 g/mol. The van der Waals surface area contributed by atoms with Gasteiger partial charge in [-0.25, -0.2) is 0 Å². The molecular formula is C16H24N2O2. The largest absolute Gasteiger partial charge is 0.378 e. The van der Waals surface area contributed by atoms with Gasteiger partial charge >= 0.3 is 0 Å². The molecule has 3 N–H and O–H groups in total. The molecule has 0 amide bonds. The first kappa shape index (κ1) is 14.0. The fourth-order valence-corrected chi connectivity index (χ4v) is 3.18. The molecule has 2 unspecified atom stereocenters. The summed E-state index contributed by atoms with van der Waals surface area (Å²) in [7, 11) is 0. The highest BCUT2D eigenvalue weighted by molar-refractivity contribution is 5.34. The van der Waals surface area contributed by atoms with Crippen molar-refractivity contribution < 1.29 is 9.47 Å². The highest BCUT2D eigenvalue weighted by atomic mass is 16.5. The summed E-state index contributed by atoms with van der Waals surface area (Å²) in [6, 6.07) is 6.80. The summed E-state index contributed by atoms with van der Waals surface area (Å²) >= 11 is 0. The average Bonchev–Trinajstić information content (AvgIpc) is 3.13. The fraction of sp³-hybridized carbons (Fsp3) is 0.625. The van der Waals surface area contributed by atoms with Gasteiger partial charge in [-0.3, -0.25) is 11.3 Å². The third-order valence-electron chi connectivity index (χ3n) is 4.39. The lowest BCUT2D eigenvalue weighted by atomic mass is 9.97. The van der Waals surface area contributed by atoms with Crippen LogP contribution in [-0.4, -0.2) is 12.7 Å². The quantitative estimate of drug-likeness (QED) is 0.619. The Morgan fingerprint density at radius 3 is 3.00 bits per heavy atom. The molecule has 0 aromatic heterocycles. The minimum Gasteiger partial charge on any atom is -0.378 e. The number of fused-ring (bicyclic) bond motifs is 1. The van der Waals surface area contributed by atoms with E-state index in [9.17, 15) is 0 Å². The van der Waals surface area contributed by atoms with Gasteiger partial charge in [0.05, 0.1) is 19.3 Å². The highest BCUT2D eigenvalue weighted by Crippen LogP contribution is 2.27. The topological polar surface area (TPSA) is 56.5 Å². The molecule has 1 fully saturated rings. The van der Waals surface area contributed by atoms with Gasteiger partial charge in [-0.05, 0) is 48.8 Å². The molecule has 2 aliphatic rings. The lowest BCUT2D eigenvalue weighted by Crippen LogP contribution is -2.28. The van der Waals surface area contributed by atoms with Crippen LogP contribution in [0, 0.1) is 0 Å². The van der Waals surface area contributed by atoms with E-state index in [1.807, 2.05) is 0 Å². The number of hydrogen-bond donors (Lipinski definition) is 2. The van der Waals surface area contributed by atoms with Crippen LogP contribution in [0.2, 0.25) is 0 Å². The Bertz CT molecular complexity index is 444. The van der Waals surface area contributed by atoms with Gasteiger partial charge in [-0.1, -0.05) is 18.2 Å². The van der Waals surface area contributed by atoms with Gasteiger partial charge in [0, 0.05) is 12.6 Å². The summed E-state index contributed by atoms with van der Waals surface area (Å²) in [6.45, 7) is 2.42. The Hall–Kier alpha value is -0.940. The summed E-state index contributed by atoms with van der Waals surface area (Å²) < 4.78 is 11.1. The summed E-state index contributed by atoms with van der Waals surface area (Å²) in [5.74, 6) is 5.73. The Morgan fingerprint density at radius 1 is 1.30 bits per heavy atom. The third-order valence-corrected chi connectivity index (χ3v) is 4.39. The molecule has 1 saturated heterocycles. The smallest absolute Gasteiger partial charge is 0.0725 e. The first-order valence-electron chi connectivity index (χ1n) is 7.64. The van der Waals surface area contributed by atoms with Crippen LogP contribution in [0.3, 0.4) is 0 Å². The summed E-state index contributed by atoms with van der Waals surface area (Å²) in [6.07, 6.45) is 6.25. The lowest BCUT2D eigenvalue weighted by molar-refractivity contribution is 0.101. The lowest BCUT2D eigenvalue weighted by Gasteiger charge is -2.18. The minimum absolute atomic E-state index is 0.224. The van der Waals surface area contributed by atoms with Crippen LogP contribution in [0.4, 0.5) is 0 Å². The first-order chi connectivity index (χ1) is 9.86. The van der Waals surface area contributed by atoms with Gasteiger partial charge in [0.1, 0.15) is 0 Å². The van der Waals surface area contributed by atoms with E-state index in [2.05, 4.69) is 23.6 Å². The zero-order valence-corrected chi connectivity index (χ0v) is 11.9. The van der Waals surface area contributed by atoms with Crippen molar-refractivity contribution in [2.24, 2.45) is 5.84 Å². The Kier molecular flexibility index (Phi) is 4.68. The summed E-state index contributed by atoms with van der Waals surface area (Å²) in [4.78, 5) is 0. The third kappa shape index (κ3) is 3.20. The van der Waals surface area contributed by atoms with Crippen LogP contribution >= 0.6 is 0 Å². The Labute approximate surface area is 120 Å². The van der Waals surface area contributed by atoms with Gasteiger partial charge in [0.2, 0.25) is 0 Å². The SMILES string of the molecule is NNC(CCCC1CCCO1)c1ccc2c(c1)COC2. The molecule has 1 aromatic carbocycles. The maximum atomic E-state index is 5.73. The molecule has 2 aliphatic heterocycles. The second-order valence-corrected chi connectivity index (χ2v) is 5.81. The fourth-order valence-electron chi connectivity index (χ4n) is 3.18. The number of rotatable bonds is 6. The van der Waals surface area contributed by atoms with Gasteiger partial charge in [-0.15, -0.1) is 0 Å². The molecule has 0 aliphatic carbocycles. The van der Waals surface area contributed by atoms with Crippen molar-refractivity contribution in [1.82, 2.24) is 5.43 Å². The number of hydrogen-bond acceptors (Lipinski definition) is 4. The number of hydrazine groups is 1. The maximum Gasteiger partial charge on any atom is 0.0725 e. The molecule has 1 aromatic rings. The number of nitrogens with two attached hydrogens (primary N) is 1. The summed E-state index contributed by atoms with van der Waals surface area (Å²) in [5.41, 5.74) is 6.84. The Balaban J connectivity index is 1.55. The van der Waals surface area contributed by atoms with Crippen LogP contribution in [0.1, 0.15) is 54.8 Å². The molecule has 20 heavy (non-hydrogen) atoms. The van der Waals surface area contributed by atoms with E-state index in [1.54, 1.807) is 0 Å². The van der Waals surface area contributed by atoms with Crippen molar-refractivity contribution in [2.45, 2.75) is 57.5 Å². The molecule has 4 heteroatoms. The first-order valence-corrected chi connectivity index (χ1v) is 7.64. The van der Waals surface area contributed by atoms with Crippen LogP contribution in [0.25, 0.3) is 0 Å². The molecule has 0 saturated carbocycles. The van der Waals surface area contributed by atoms with E-state index < -0.39 is 0 Å². The second-order valence-electron chi connectivity index (χ2n) is 5.81. The van der Waals surface area contributed by atoms with E-state index in [0.717, 1.165) is 39.1 Å². The highest BCUT2D eigenvalue weighted by Gasteiger charge is 2.18. The number of ether oxygens (including phenoxy) is 2. The molecule has 2 atom stereocenters. The second kappa shape index (κ2) is 6.68. The molecular weight excluding hydrogens is 252 g/mol. The zero-order chi connectivity index (χ0) is 13.8. The van der Waals surface area contributed by atoms with Crippen molar-refractivity contribution in [2.75, 3.05) is 6.61 Å². The molecule has 2 heterocycles. The van der Waals surface area contributed by atoms with E-state index in [4.69, 9.17) is 15.3 Å². The number of nitrogens with one attached hydrogen (secondary N) is 1. The van der Waals surface area contributed by atoms with Crippen molar-refractivity contribution in [1.29, 1.82) is 0 Å². The standard InChI is InChI=1S/C16H24N2O2/c17-18-16(5-1-3-15-4-2-8-20-15)12-6-7-13-10-19-11-14(13)9-12/h6-7,9,15-16,18H,1-5,8,10-11,17H2. The van der Waals surface area contributed by atoms with E-state index in [0.29, 0.717) is 6.10 Å². The molecule has 110 valence electrons. The Morgan fingerprint density at radius 2 is 2.20 bits per heavy atom. The van der Waals surface area contributed by atoms with Crippen molar-refractivity contribution in [3.8, 4) is 0 Å². The van der Waals surface area contributed by atoms with Gasteiger partial charge in [0.15, 0.2) is 0 Å².